The summed E-state index contributed by atoms with van der Waals surface area (Å²) < 4.78 is 0. The van der Waals surface area contributed by atoms with Crippen molar-refractivity contribution in [2.75, 3.05) is 5.43 Å². The Morgan fingerprint density at radius 1 is 1.42 bits per heavy atom. The molecule has 0 bridgehead atoms. The number of nitrogens with two attached hydrogens (primary N) is 1. The number of hydrogen-bond acceptors (Lipinski definition) is 4. The van der Waals surface area contributed by atoms with Crippen molar-refractivity contribution >= 4 is 34.5 Å². The van der Waals surface area contributed by atoms with Gasteiger partial charge in [-0.1, -0.05) is 17.7 Å². The molecule has 100 valence electrons. The summed E-state index contributed by atoms with van der Waals surface area (Å²) in [5.41, 5.74) is 3.47. The third-order valence-electron chi connectivity index (χ3n) is 2.70. The standard InChI is InChI=1S/C13H14ClN3OS/c1-8(12-3-2-6-19-12)16-13(18)10-7-9(14)4-5-11(10)17-15/h2-8,17H,15H2,1H3,(H,16,18). The van der Waals surface area contributed by atoms with E-state index in [1.165, 1.54) is 0 Å². The Bertz CT molecular complexity index is 571. The van der Waals surface area contributed by atoms with Gasteiger partial charge in [-0.15, -0.1) is 11.3 Å². The first-order valence-corrected chi connectivity index (χ1v) is 6.98. The molecule has 1 atom stereocenters. The molecule has 4 nitrogen and oxygen atoms in total. The van der Waals surface area contributed by atoms with Gasteiger partial charge < -0.3 is 10.7 Å². The molecule has 1 heterocycles. The van der Waals surface area contributed by atoms with E-state index in [4.69, 9.17) is 17.4 Å². The summed E-state index contributed by atoms with van der Waals surface area (Å²) >= 11 is 7.51. The number of amides is 1. The van der Waals surface area contributed by atoms with Crippen LogP contribution >= 0.6 is 22.9 Å². The Labute approximate surface area is 120 Å². The van der Waals surface area contributed by atoms with Gasteiger partial charge in [0.15, 0.2) is 0 Å². The van der Waals surface area contributed by atoms with Crippen LogP contribution in [-0.4, -0.2) is 5.91 Å². The first kappa shape index (κ1) is 13.9. The van der Waals surface area contributed by atoms with Crippen LogP contribution in [-0.2, 0) is 0 Å². The number of hydrazine groups is 1. The van der Waals surface area contributed by atoms with E-state index in [-0.39, 0.29) is 11.9 Å². The molecular weight excluding hydrogens is 282 g/mol. The lowest BCUT2D eigenvalue weighted by Crippen LogP contribution is -2.27. The van der Waals surface area contributed by atoms with Crippen molar-refractivity contribution in [2.24, 2.45) is 5.84 Å². The molecular formula is C13H14ClN3OS. The summed E-state index contributed by atoms with van der Waals surface area (Å²) in [4.78, 5) is 13.3. The van der Waals surface area contributed by atoms with E-state index in [0.717, 1.165) is 4.88 Å². The van der Waals surface area contributed by atoms with Crippen LogP contribution in [0.3, 0.4) is 0 Å². The molecule has 0 aliphatic rings. The number of halogens is 1. The van der Waals surface area contributed by atoms with Crippen LogP contribution in [0.1, 0.15) is 28.2 Å². The summed E-state index contributed by atoms with van der Waals surface area (Å²) in [6.45, 7) is 1.93. The molecule has 0 saturated carbocycles. The Hall–Kier alpha value is -1.56. The zero-order valence-corrected chi connectivity index (χ0v) is 11.9. The Morgan fingerprint density at radius 3 is 2.84 bits per heavy atom. The topological polar surface area (TPSA) is 67.2 Å². The molecule has 0 radical (unpaired) electrons. The highest BCUT2D eigenvalue weighted by Crippen LogP contribution is 2.22. The number of thiophene rings is 1. The van der Waals surface area contributed by atoms with Crippen molar-refractivity contribution in [3.63, 3.8) is 0 Å². The van der Waals surface area contributed by atoms with Crippen LogP contribution < -0.4 is 16.6 Å². The van der Waals surface area contributed by atoms with Crippen molar-refractivity contribution in [3.05, 3.63) is 51.2 Å². The number of hydrogen-bond donors (Lipinski definition) is 3. The van der Waals surface area contributed by atoms with E-state index in [1.54, 1.807) is 29.5 Å². The first-order chi connectivity index (χ1) is 9.11. The normalized spacial score (nSPS) is 11.9. The molecule has 0 aliphatic heterocycles. The predicted octanol–water partition coefficient (Wildman–Crippen LogP) is 3.18. The van der Waals surface area contributed by atoms with Gasteiger partial charge in [0.25, 0.3) is 5.91 Å². The van der Waals surface area contributed by atoms with Gasteiger partial charge in [-0.25, -0.2) is 0 Å². The number of nitrogen functional groups attached to an aromatic ring is 1. The number of carbonyl (C=O) groups is 1. The summed E-state index contributed by atoms with van der Waals surface area (Å²) in [5, 5.41) is 5.39. The van der Waals surface area contributed by atoms with Crippen molar-refractivity contribution < 1.29 is 4.79 Å². The van der Waals surface area contributed by atoms with E-state index in [0.29, 0.717) is 16.3 Å². The number of anilines is 1. The summed E-state index contributed by atoms with van der Waals surface area (Å²) in [7, 11) is 0. The van der Waals surface area contributed by atoms with Crippen LogP contribution in [0.25, 0.3) is 0 Å². The van der Waals surface area contributed by atoms with Gasteiger partial charge in [0.05, 0.1) is 17.3 Å². The maximum absolute atomic E-state index is 12.2. The van der Waals surface area contributed by atoms with E-state index >= 15 is 0 Å². The highest BCUT2D eigenvalue weighted by atomic mass is 35.5. The highest BCUT2D eigenvalue weighted by Gasteiger charge is 2.15. The molecule has 6 heteroatoms. The second kappa shape index (κ2) is 6.06. The van der Waals surface area contributed by atoms with Gasteiger partial charge in [0.2, 0.25) is 0 Å². The van der Waals surface area contributed by atoms with Crippen molar-refractivity contribution in [2.45, 2.75) is 13.0 Å². The molecule has 2 rings (SSSR count). The van der Waals surface area contributed by atoms with E-state index in [1.807, 2.05) is 24.4 Å². The van der Waals surface area contributed by atoms with Crippen molar-refractivity contribution in [1.82, 2.24) is 5.32 Å². The van der Waals surface area contributed by atoms with Gasteiger partial charge in [-0.2, -0.15) is 0 Å². The van der Waals surface area contributed by atoms with Gasteiger partial charge in [-0.3, -0.25) is 10.6 Å². The van der Waals surface area contributed by atoms with Crippen LogP contribution in [0.2, 0.25) is 5.02 Å². The third kappa shape index (κ3) is 3.26. The molecule has 2 aromatic rings. The molecule has 0 fully saturated rings. The minimum Gasteiger partial charge on any atom is -0.345 e. The zero-order chi connectivity index (χ0) is 13.8. The van der Waals surface area contributed by atoms with Crippen molar-refractivity contribution in [1.29, 1.82) is 0 Å². The maximum atomic E-state index is 12.2. The highest BCUT2D eigenvalue weighted by molar-refractivity contribution is 7.10. The van der Waals surface area contributed by atoms with Crippen LogP contribution in [0.5, 0.6) is 0 Å². The smallest absolute Gasteiger partial charge is 0.253 e. The molecule has 1 amide bonds. The van der Waals surface area contributed by atoms with Crippen molar-refractivity contribution in [3.8, 4) is 0 Å². The molecule has 0 saturated heterocycles. The minimum absolute atomic E-state index is 0.0582. The average molecular weight is 296 g/mol. The van der Waals surface area contributed by atoms with E-state index < -0.39 is 0 Å². The summed E-state index contributed by atoms with van der Waals surface area (Å²) in [6, 6.07) is 8.82. The van der Waals surface area contributed by atoms with Crippen LogP contribution in [0.15, 0.2) is 35.7 Å². The van der Waals surface area contributed by atoms with Gasteiger partial charge >= 0.3 is 0 Å². The lowest BCUT2D eigenvalue weighted by atomic mass is 10.1. The maximum Gasteiger partial charge on any atom is 0.253 e. The van der Waals surface area contributed by atoms with Gasteiger partial charge in [0.1, 0.15) is 0 Å². The lowest BCUT2D eigenvalue weighted by molar-refractivity contribution is 0.0941. The zero-order valence-electron chi connectivity index (χ0n) is 10.3. The van der Waals surface area contributed by atoms with Crippen LogP contribution in [0, 0.1) is 0 Å². The minimum atomic E-state index is -0.212. The first-order valence-electron chi connectivity index (χ1n) is 5.72. The van der Waals surface area contributed by atoms with Gasteiger partial charge in [0, 0.05) is 9.90 Å². The Kier molecular flexibility index (Phi) is 4.42. The summed E-state index contributed by atoms with van der Waals surface area (Å²) in [6.07, 6.45) is 0. The fourth-order valence-corrected chi connectivity index (χ4v) is 2.62. The quantitative estimate of drug-likeness (QED) is 0.599. The molecule has 1 aromatic heterocycles. The SMILES string of the molecule is CC(NC(=O)c1cc(Cl)ccc1NN)c1cccs1. The van der Waals surface area contributed by atoms with E-state index in [2.05, 4.69) is 10.7 Å². The second-order valence-corrected chi connectivity index (χ2v) is 5.46. The number of rotatable bonds is 4. The second-order valence-electron chi connectivity index (χ2n) is 4.04. The molecule has 1 aromatic carbocycles. The monoisotopic (exact) mass is 295 g/mol. The average Bonchev–Trinajstić information content (AvgIpc) is 2.92. The number of nitrogens with one attached hydrogen (secondary N) is 2. The Morgan fingerprint density at radius 2 is 2.21 bits per heavy atom. The molecule has 1 unspecified atom stereocenters. The fourth-order valence-electron chi connectivity index (χ4n) is 1.71. The van der Waals surface area contributed by atoms with Crippen LogP contribution in [0.4, 0.5) is 5.69 Å². The molecule has 0 spiro atoms. The fraction of sp³-hybridized carbons (Fsp3) is 0.154. The summed E-state index contributed by atoms with van der Waals surface area (Å²) in [5.74, 6) is 5.18. The largest absolute Gasteiger partial charge is 0.345 e. The predicted molar refractivity (Wildman–Crippen MR) is 79.5 cm³/mol. The third-order valence-corrected chi connectivity index (χ3v) is 3.99. The molecule has 19 heavy (non-hydrogen) atoms. The van der Waals surface area contributed by atoms with Gasteiger partial charge in [-0.05, 0) is 36.6 Å². The lowest BCUT2D eigenvalue weighted by Gasteiger charge is -2.14. The number of benzene rings is 1. The number of carbonyl (C=O) groups excluding carboxylic acids is 1. The Balaban J connectivity index is 2.18. The molecule has 4 N–H and O–H groups in total. The van der Waals surface area contributed by atoms with E-state index in [9.17, 15) is 4.79 Å². The molecule has 0 aliphatic carbocycles.